The Hall–Kier alpha value is -2.66. The molecule has 1 aromatic heterocycles. The number of benzene rings is 2. The van der Waals surface area contributed by atoms with Crippen LogP contribution in [0.1, 0.15) is 23.7 Å². The standard InChI is InChI=1S/C21H22N2O2S/c1-4-17-9-5-6-10-19(17)18-12-13-20(15(2)14-18)26(24,25)23-21-11-7-8-16(3)22-21/h5-14H,4H2,1-3H3,(H,22,23). The highest BCUT2D eigenvalue weighted by molar-refractivity contribution is 7.92. The molecule has 0 aliphatic heterocycles. The third-order valence-corrected chi connectivity index (χ3v) is 5.82. The van der Waals surface area contributed by atoms with Gasteiger partial charge in [0.15, 0.2) is 0 Å². The average Bonchev–Trinajstić information content (AvgIpc) is 2.61. The number of rotatable bonds is 5. The Kier molecular flexibility index (Phi) is 5.09. The molecule has 0 bridgehead atoms. The SMILES string of the molecule is CCc1ccccc1-c1ccc(S(=O)(=O)Nc2cccc(C)n2)c(C)c1. The molecule has 0 saturated carbocycles. The van der Waals surface area contributed by atoms with E-state index in [1.165, 1.54) is 5.56 Å². The fraction of sp³-hybridized carbons (Fsp3) is 0.190. The fourth-order valence-electron chi connectivity index (χ4n) is 3.02. The fourth-order valence-corrected chi connectivity index (χ4v) is 4.25. The topological polar surface area (TPSA) is 59.1 Å². The lowest BCUT2D eigenvalue weighted by molar-refractivity contribution is 0.600. The smallest absolute Gasteiger partial charge is 0.263 e. The van der Waals surface area contributed by atoms with Crippen LogP contribution in [-0.4, -0.2) is 13.4 Å². The molecule has 0 radical (unpaired) electrons. The molecule has 26 heavy (non-hydrogen) atoms. The Morgan fingerprint density at radius 3 is 2.42 bits per heavy atom. The minimum atomic E-state index is -3.69. The van der Waals surface area contributed by atoms with Gasteiger partial charge in [-0.05, 0) is 60.7 Å². The molecule has 0 aliphatic rings. The van der Waals surface area contributed by atoms with Crippen molar-refractivity contribution in [3.05, 3.63) is 77.5 Å². The van der Waals surface area contributed by atoms with Crippen molar-refractivity contribution >= 4 is 15.8 Å². The van der Waals surface area contributed by atoms with Gasteiger partial charge in [-0.1, -0.05) is 49.4 Å². The van der Waals surface area contributed by atoms with Crippen molar-refractivity contribution in [1.82, 2.24) is 4.98 Å². The number of sulfonamides is 1. The summed E-state index contributed by atoms with van der Waals surface area (Å²) in [7, 11) is -3.69. The number of hydrogen-bond donors (Lipinski definition) is 1. The van der Waals surface area contributed by atoms with E-state index in [9.17, 15) is 8.42 Å². The highest BCUT2D eigenvalue weighted by Crippen LogP contribution is 2.28. The van der Waals surface area contributed by atoms with E-state index in [2.05, 4.69) is 28.8 Å². The maximum atomic E-state index is 12.8. The minimum Gasteiger partial charge on any atom is -0.263 e. The van der Waals surface area contributed by atoms with Gasteiger partial charge in [-0.3, -0.25) is 4.72 Å². The Bertz CT molecular complexity index is 1040. The van der Waals surface area contributed by atoms with E-state index >= 15 is 0 Å². The quantitative estimate of drug-likeness (QED) is 0.710. The zero-order valence-electron chi connectivity index (χ0n) is 15.2. The molecule has 4 nitrogen and oxygen atoms in total. The summed E-state index contributed by atoms with van der Waals surface area (Å²) >= 11 is 0. The second kappa shape index (κ2) is 7.30. The first-order valence-electron chi connectivity index (χ1n) is 8.56. The maximum Gasteiger partial charge on any atom is 0.263 e. The van der Waals surface area contributed by atoms with E-state index in [0.717, 1.165) is 23.2 Å². The molecule has 134 valence electrons. The predicted octanol–water partition coefficient (Wildman–Crippen LogP) is 4.73. The molecule has 1 heterocycles. The normalized spacial score (nSPS) is 11.3. The van der Waals surface area contributed by atoms with Crippen LogP contribution in [0.5, 0.6) is 0 Å². The largest absolute Gasteiger partial charge is 0.263 e. The summed E-state index contributed by atoms with van der Waals surface area (Å²) in [6.45, 7) is 5.75. The van der Waals surface area contributed by atoms with Crippen molar-refractivity contribution in [2.24, 2.45) is 0 Å². The first-order chi connectivity index (χ1) is 12.4. The molecular weight excluding hydrogens is 344 g/mol. The van der Waals surface area contributed by atoms with Gasteiger partial charge in [0.1, 0.15) is 5.82 Å². The summed E-state index contributed by atoms with van der Waals surface area (Å²) in [6.07, 6.45) is 0.926. The summed E-state index contributed by atoms with van der Waals surface area (Å²) in [5.74, 6) is 0.324. The van der Waals surface area contributed by atoms with Gasteiger partial charge in [0.25, 0.3) is 10.0 Å². The Labute approximate surface area is 155 Å². The van der Waals surface area contributed by atoms with Crippen LogP contribution in [-0.2, 0) is 16.4 Å². The van der Waals surface area contributed by atoms with E-state index in [1.54, 1.807) is 18.2 Å². The van der Waals surface area contributed by atoms with E-state index in [1.807, 2.05) is 44.2 Å². The monoisotopic (exact) mass is 366 g/mol. The molecule has 5 heteroatoms. The summed E-state index contributed by atoms with van der Waals surface area (Å²) in [5, 5.41) is 0. The molecule has 2 aromatic carbocycles. The van der Waals surface area contributed by atoms with Gasteiger partial charge in [-0.25, -0.2) is 13.4 Å². The van der Waals surface area contributed by atoms with Crippen molar-refractivity contribution in [2.75, 3.05) is 4.72 Å². The Morgan fingerprint density at radius 2 is 1.73 bits per heavy atom. The molecule has 3 aromatic rings. The Balaban J connectivity index is 1.97. The average molecular weight is 366 g/mol. The van der Waals surface area contributed by atoms with Crippen LogP contribution in [0.3, 0.4) is 0 Å². The summed E-state index contributed by atoms with van der Waals surface area (Å²) in [6, 6.07) is 18.9. The second-order valence-corrected chi connectivity index (χ2v) is 7.91. The molecule has 0 aliphatic carbocycles. The van der Waals surface area contributed by atoms with E-state index in [0.29, 0.717) is 11.4 Å². The van der Waals surface area contributed by atoms with Gasteiger partial charge in [-0.2, -0.15) is 0 Å². The van der Waals surface area contributed by atoms with Crippen molar-refractivity contribution < 1.29 is 8.42 Å². The maximum absolute atomic E-state index is 12.8. The van der Waals surface area contributed by atoms with Gasteiger partial charge in [0.2, 0.25) is 0 Å². The molecule has 0 amide bonds. The van der Waals surface area contributed by atoms with Crippen molar-refractivity contribution in [2.45, 2.75) is 32.1 Å². The molecule has 0 atom stereocenters. The number of nitrogens with zero attached hydrogens (tertiary/aromatic N) is 1. The van der Waals surface area contributed by atoms with Gasteiger partial charge < -0.3 is 0 Å². The van der Waals surface area contributed by atoms with Crippen LogP contribution in [0, 0.1) is 13.8 Å². The number of nitrogens with one attached hydrogen (secondary N) is 1. The highest BCUT2D eigenvalue weighted by atomic mass is 32.2. The number of hydrogen-bond acceptors (Lipinski definition) is 3. The number of anilines is 1. The summed E-state index contributed by atoms with van der Waals surface area (Å²) < 4.78 is 28.1. The zero-order valence-corrected chi connectivity index (χ0v) is 16.0. The Morgan fingerprint density at radius 1 is 0.962 bits per heavy atom. The van der Waals surface area contributed by atoms with Crippen molar-refractivity contribution in [1.29, 1.82) is 0 Å². The number of aromatic nitrogens is 1. The summed E-state index contributed by atoms with van der Waals surface area (Å²) in [4.78, 5) is 4.47. The van der Waals surface area contributed by atoms with Crippen LogP contribution in [0.15, 0.2) is 65.6 Å². The van der Waals surface area contributed by atoms with Gasteiger partial charge in [-0.15, -0.1) is 0 Å². The van der Waals surface area contributed by atoms with Gasteiger partial charge in [0, 0.05) is 5.69 Å². The molecule has 0 fully saturated rings. The second-order valence-electron chi connectivity index (χ2n) is 6.26. The summed E-state index contributed by atoms with van der Waals surface area (Å²) in [5.41, 5.74) is 4.86. The lowest BCUT2D eigenvalue weighted by Gasteiger charge is -2.13. The predicted molar refractivity (Wildman–Crippen MR) is 106 cm³/mol. The van der Waals surface area contributed by atoms with Gasteiger partial charge >= 0.3 is 0 Å². The lowest BCUT2D eigenvalue weighted by Crippen LogP contribution is -2.15. The van der Waals surface area contributed by atoms with Crippen LogP contribution in [0.25, 0.3) is 11.1 Å². The van der Waals surface area contributed by atoms with Crippen LogP contribution in [0.2, 0.25) is 0 Å². The van der Waals surface area contributed by atoms with E-state index < -0.39 is 10.0 Å². The molecule has 1 N–H and O–H groups in total. The van der Waals surface area contributed by atoms with Gasteiger partial charge in [0.05, 0.1) is 4.90 Å². The third kappa shape index (κ3) is 3.78. The number of aryl methyl sites for hydroxylation is 3. The first-order valence-corrected chi connectivity index (χ1v) is 10.0. The van der Waals surface area contributed by atoms with Crippen LogP contribution >= 0.6 is 0 Å². The molecule has 3 rings (SSSR count). The molecule has 0 unspecified atom stereocenters. The highest BCUT2D eigenvalue weighted by Gasteiger charge is 2.18. The van der Waals surface area contributed by atoms with Crippen molar-refractivity contribution in [3.8, 4) is 11.1 Å². The molecular formula is C21H22N2O2S. The van der Waals surface area contributed by atoms with Crippen LogP contribution < -0.4 is 4.72 Å². The molecule has 0 spiro atoms. The lowest BCUT2D eigenvalue weighted by atomic mass is 9.97. The third-order valence-electron chi connectivity index (χ3n) is 4.30. The molecule has 0 saturated heterocycles. The van der Waals surface area contributed by atoms with Crippen LogP contribution in [0.4, 0.5) is 5.82 Å². The van der Waals surface area contributed by atoms with E-state index in [-0.39, 0.29) is 4.90 Å². The zero-order chi connectivity index (χ0) is 18.7. The van der Waals surface area contributed by atoms with E-state index in [4.69, 9.17) is 0 Å². The first kappa shape index (κ1) is 18.1. The minimum absolute atomic E-state index is 0.263. The van der Waals surface area contributed by atoms with Crippen molar-refractivity contribution in [3.63, 3.8) is 0 Å². The number of pyridine rings is 1.